The predicted molar refractivity (Wildman–Crippen MR) is 52.8 cm³/mol. The number of nitrogens with two attached hydrogens (primary N) is 2. The molecule has 0 aliphatic carbocycles. The van der Waals surface area contributed by atoms with Crippen LogP contribution in [0.25, 0.3) is 0 Å². The lowest BCUT2D eigenvalue weighted by Gasteiger charge is -2.10. The Labute approximate surface area is 77.7 Å². The van der Waals surface area contributed by atoms with Crippen molar-refractivity contribution in [1.29, 1.82) is 0 Å². The number of benzene rings is 1. The van der Waals surface area contributed by atoms with E-state index >= 15 is 0 Å². The second-order valence-electron chi connectivity index (χ2n) is 3.56. The average Bonchev–Trinajstić information content (AvgIpc) is 2.43. The smallest absolute Gasteiger partial charge is 0.124 e. The maximum Gasteiger partial charge on any atom is 0.124 e. The summed E-state index contributed by atoms with van der Waals surface area (Å²) in [4.78, 5) is 0. The first-order valence-corrected chi connectivity index (χ1v) is 4.39. The first kappa shape index (κ1) is 8.38. The van der Waals surface area contributed by atoms with Crippen LogP contribution < -0.4 is 16.2 Å². The van der Waals surface area contributed by atoms with E-state index < -0.39 is 0 Å². The lowest BCUT2D eigenvalue weighted by atomic mass is 9.98. The van der Waals surface area contributed by atoms with Gasteiger partial charge in [0.15, 0.2) is 0 Å². The molecule has 3 heteroatoms. The van der Waals surface area contributed by atoms with Crippen molar-refractivity contribution < 1.29 is 4.74 Å². The molecule has 0 aromatic heterocycles. The van der Waals surface area contributed by atoms with Crippen LogP contribution in [-0.4, -0.2) is 6.61 Å². The zero-order valence-electron chi connectivity index (χ0n) is 7.92. The minimum atomic E-state index is -0.0158. The lowest BCUT2D eigenvalue weighted by Crippen LogP contribution is -2.12. The molecule has 4 N–H and O–H groups in total. The third-order valence-corrected chi connectivity index (χ3v) is 2.64. The van der Waals surface area contributed by atoms with E-state index in [0.717, 1.165) is 28.1 Å². The van der Waals surface area contributed by atoms with Gasteiger partial charge in [0.25, 0.3) is 0 Å². The third kappa shape index (κ3) is 1.08. The number of hydrogen-bond acceptors (Lipinski definition) is 3. The standard InChI is InChI=1S/C10H14N2O/c1-5-3-8-9(6(2)10(5)12)7(11)4-13-8/h3,7H,4,11-12H2,1-2H3/t7-/m0/s1. The van der Waals surface area contributed by atoms with Crippen LogP contribution in [0.1, 0.15) is 22.7 Å². The highest BCUT2D eigenvalue weighted by atomic mass is 16.5. The van der Waals surface area contributed by atoms with Crippen LogP contribution in [0.4, 0.5) is 5.69 Å². The second kappa shape index (κ2) is 2.64. The topological polar surface area (TPSA) is 61.3 Å². The van der Waals surface area contributed by atoms with E-state index in [0.29, 0.717) is 6.61 Å². The van der Waals surface area contributed by atoms with Crippen molar-refractivity contribution in [2.75, 3.05) is 12.3 Å². The van der Waals surface area contributed by atoms with E-state index in [4.69, 9.17) is 16.2 Å². The first-order chi connectivity index (χ1) is 6.11. The van der Waals surface area contributed by atoms with Crippen molar-refractivity contribution >= 4 is 5.69 Å². The Kier molecular flexibility index (Phi) is 1.70. The molecule has 13 heavy (non-hydrogen) atoms. The number of fused-ring (bicyclic) bond motifs is 1. The maximum atomic E-state index is 5.91. The quantitative estimate of drug-likeness (QED) is 0.588. The number of anilines is 1. The van der Waals surface area contributed by atoms with Crippen LogP contribution >= 0.6 is 0 Å². The second-order valence-corrected chi connectivity index (χ2v) is 3.56. The molecule has 1 heterocycles. The Bertz CT molecular complexity index is 360. The van der Waals surface area contributed by atoms with Crippen LogP contribution in [0, 0.1) is 13.8 Å². The third-order valence-electron chi connectivity index (χ3n) is 2.64. The summed E-state index contributed by atoms with van der Waals surface area (Å²) in [7, 11) is 0. The van der Waals surface area contributed by atoms with E-state index in [-0.39, 0.29) is 6.04 Å². The van der Waals surface area contributed by atoms with Crippen molar-refractivity contribution in [1.82, 2.24) is 0 Å². The molecule has 0 bridgehead atoms. The minimum absolute atomic E-state index is 0.0158. The summed E-state index contributed by atoms with van der Waals surface area (Å²) in [6, 6.07) is 1.95. The number of nitrogen functional groups attached to an aromatic ring is 1. The van der Waals surface area contributed by atoms with Gasteiger partial charge in [-0.2, -0.15) is 0 Å². The van der Waals surface area contributed by atoms with Gasteiger partial charge in [-0.1, -0.05) is 0 Å². The zero-order valence-corrected chi connectivity index (χ0v) is 7.92. The molecule has 1 aliphatic rings. The van der Waals surface area contributed by atoms with Gasteiger partial charge in [-0.15, -0.1) is 0 Å². The Hall–Kier alpha value is -1.22. The Morgan fingerprint density at radius 3 is 2.85 bits per heavy atom. The Morgan fingerprint density at radius 2 is 2.15 bits per heavy atom. The van der Waals surface area contributed by atoms with Gasteiger partial charge in [0, 0.05) is 11.3 Å². The molecule has 2 rings (SSSR count). The highest BCUT2D eigenvalue weighted by Crippen LogP contribution is 2.37. The molecule has 1 aromatic rings. The molecule has 0 amide bonds. The molecule has 0 saturated carbocycles. The molecule has 3 nitrogen and oxygen atoms in total. The van der Waals surface area contributed by atoms with Crippen LogP contribution in [0.2, 0.25) is 0 Å². The molecule has 0 unspecified atom stereocenters. The average molecular weight is 178 g/mol. The van der Waals surface area contributed by atoms with Gasteiger partial charge in [-0.25, -0.2) is 0 Å². The number of aryl methyl sites for hydroxylation is 1. The Morgan fingerprint density at radius 1 is 1.46 bits per heavy atom. The fourth-order valence-electron chi connectivity index (χ4n) is 1.82. The van der Waals surface area contributed by atoms with Crippen LogP contribution in [0.15, 0.2) is 6.07 Å². The van der Waals surface area contributed by atoms with Crippen molar-refractivity contribution in [3.63, 3.8) is 0 Å². The predicted octanol–water partition coefficient (Wildman–Crippen LogP) is 1.28. The first-order valence-electron chi connectivity index (χ1n) is 4.39. The van der Waals surface area contributed by atoms with Crippen molar-refractivity contribution in [2.24, 2.45) is 5.73 Å². The van der Waals surface area contributed by atoms with Gasteiger partial charge < -0.3 is 16.2 Å². The summed E-state index contributed by atoms with van der Waals surface area (Å²) in [5.74, 6) is 0.900. The van der Waals surface area contributed by atoms with Crippen LogP contribution in [0.5, 0.6) is 5.75 Å². The molecule has 0 spiro atoms. The normalized spacial score (nSPS) is 19.8. The maximum absolute atomic E-state index is 5.91. The van der Waals surface area contributed by atoms with Crippen molar-refractivity contribution in [3.8, 4) is 5.75 Å². The Balaban J connectivity index is 2.68. The molecule has 1 atom stereocenters. The summed E-state index contributed by atoms with van der Waals surface area (Å²) < 4.78 is 5.45. The van der Waals surface area contributed by atoms with E-state index in [9.17, 15) is 0 Å². The highest BCUT2D eigenvalue weighted by molar-refractivity contribution is 5.62. The molecule has 1 aromatic carbocycles. The molecule has 1 aliphatic heterocycles. The van der Waals surface area contributed by atoms with Crippen LogP contribution in [-0.2, 0) is 0 Å². The largest absolute Gasteiger partial charge is 0.491 e. The SMILES string of the molecule is Cc1cc2c(c(C)c1N)[C@@H](N)CO2. The van der Waals surface area contributed by atoms with E-state index in [1.54, 1.807) is 0 Å². The van der Waals surface area contributed by atoms with Gasteiger partial charge in [-0.3, -0.25) is 0 Å². The van der Waals surface area contributed by atoms with Gasteiger partial charge in [0.05, 0.1) is 6.04 Å². The molecule has 70 valence electrons. The van der Waals surface area contributed by atoms with Crippen molar-refractivity contribution in [3.05, 3.63) is 22.8 Å². The highest BCUT2D eigenvalue weighted by Gasteiger charge is 2.24. The summed E-state index contributed by atoms with van der Waals surface area (Å²) in [5.41, 5.74) is 15.8. The molecule has 0 fully saturated rings. The summed E-state index contributed by atoms with van der Waals surface area (Å²) in [6.45, 7) is 4.55. The molecule has 0 radical (unpaired) electrons. The minimum Gasteiger partial charge on any atom is -0.491 e. The van der Waals surface area contributed by atoms with Gasteiger partial charge in [-0.05, 0) is 31.0 Å². The van der Waals surface area contributed by atoms with Gasteiger partial charge >= 0.3 is 0 Å². The van der Waals surface area contributed by atoms with E-state index in [2.05, 4.69) is 0 Å². The summed E-state index contributed by atoms with van der Waals surface area (Å²) >= 11 is 0. The number of rotatable bonds is 0. The van der Waals surface area contributed by atoms with Gasteiger partial charge in [0.1, 0.15) is 12.4 Å². The monoisotopic (exact) mass is 178 g/mol. The van der Waals surface area contributed by atoms with E-state index in [1.807, 2.05) is 19.9 Å². The summed E-state index contributed by atoms with van der Waals surface area (Å²) in [6.07, 6.45) is 0. The summed E-state index contributed by atoms with van der Waals surface area (Å²) in [5, 5.41) is 0. The number of hydrogen-bond donors (Lipinski definition) is 2. The lowest BCUT2D eigenvalue weighted by molar-refractivity contribution is 0.333. The number of ether oxygens (including phenoxy) is 1. The zero-order chi connectivity index (χ0) is 9.59. The molecular formula is C10H14N2O. The fourth-order valence-corrected chi connectivity index (χ4v) is 1.82. The van der Waals surface area contributed by atoms with Gasteiger partial charge in [0.2, 0.25) is 0 Å². The van der Waals surface area contributed by atoms with E-state index in [1.165, 1.54) is 0 Å². The molecular weight excluding hydrogens is 164 g/mol. The van der Waals surface area contributed by atoms with Crippen LogP contribution in [0.3, 0.4) is 0 Å². The fraction of sp³-hybridized carbons (Fsp3) is 0.400. The van der Waals surface area contributed by atoms with Crippen molar-refractivity contribution in [2.45, 2.75) is 19.9 Å². The molecule has 0 saturated heterocycles.